The molecule has 26 heavy (non-hydrogen) atoms. The van der Waals surface area contributed by atoms with Crippen molar-refractivity contribution in [2.45, 2.75) is 13.5 Å². The first kappa shape index (κ1) is 18.0. The van der Waals surface area contributed by atoms with Gasteiger partial charge in [-0.05, 0) is 48.9 Å². The minimum atomic E-state index is -0.319. The van der Waals surface area contributed by atoms with Crippen LogP contribution in [0.5, 0.6) is 5.75 Å². The van der Waals surface area contributed by atoms with Crippen LogP contribution in [-0.2, 0) is 6.61 Å². The Morgan fingerprint density at radius 2 is 2.04 bits per heavy atom. The fourth-order valence-electron chi connectivity index (χ4n) is 2.68. The van der Waals surface area contributed by atoms with Gasteiger partial charge >= 0.3 is 0 Å². The van der Waals surface area contributed by atoms with Crippen LogP contribution in [0.4, 0.5) is 5.69 Å². The highest BCUT2D eigenvalue weighted by atomic mass is 35.5. The van der Waals surface area contributed by atoms with Crippen molar-refractivity contribution in [3.8, 4) is 17.1 Å². The number of rotatable bonds is 5. The fraction of sp³-hybridized carbons (Fsp3) is 0.150. The van der Waals surface area contributed by atoms with Crippen LogP contribution in [-0.4, -0.2) is 18.1 Å². The number of halogens is 1. The van der Waals surface area contributed by atoms with E-state index in [1.54, 1.807) is 42.5 Å². The van der Waals surface area contributed by atoms with Crippen molar-refractivity contribution in [2.75, 3.05) is 12.4 Å². The average Bonchev–Trinajstić information content (AvgIpc) is 3.12. The highest BCUT2D eigenvalue weighted by molar-refractivity contribution is 6.34. The molecule has 0 fully saturated rings. The Morgan fingerprint density at radius 3 is 2.73 bits per heavy atom. The number of furan rings is 1. The van der Waals surface area contributed by atoms with Crippen molar-refractivity contribution >= 4 is 23.2 Å². The predicted molar refractivity (Wildman–Crippen MR) is 101 cm³/mol. The van der Waals surface area contributed by atoms with Gasteiger partial charge in [-0.15, -0.1) is 0 Å². The van der Waals surface area contributed by atoms with E-state index < -0.39 is 0 Å². The number of nitrogens with one attached hydrogen (secondary N) is 1. The van der Waals surface area contributed by atoms with E-state index in [0.29, 0.717) is 33.5 Å². The number of aliphatic hydroxyl groups is 1. The lowest BCUT2D eigenvalue weighted by atomic mass is 10.1. The Bertz CT molecular complexity index is 949. The van der Waals surface area contributed by atoms with Gasteiger partial charge in [0.05, 0.1) is 23.4 Å². The van der Waals surface area contributed by atoms with Gasteiger partial charge < -0.3 is 19.6 Å². The van der Waals surface area contributed by atoms with Gasteiger partial charge in [-0.1, -0.05) is 23.7 Å². The van der Waals surface area contributed by atoms with Crippen LogP contribution in [0.2, 0.25) is 5.02 Å². The van der Waals surface area contributed by atoms with E-state index in [1.165, 1.54) is 7.11 Å². The molecule has 1 aromatic heterocycles. The number of aryl methyl sites for hydroxylation is 1. The largest absolute Gasteiger partial charge is 0.496 e. The Balaban J connectivity index is 1.91. The number of methoxy groups -OCH3 is 1. The summed E-state index contributed by atoms with van der Waals surface area (Å²) in [5, 5.41) is 12.4. The summed E-state index contributed by atoms with van der Waals surface area (Å²) in [7, 11) is 1.53. The summed E-state index contributed by atoms with van der Waals surface area (Å²) in [4.78, 5) is 12.7. The van der Waals surface area contributed by atoms with Gasteiger partial charge in [0, 0.05) is 5.56 Å². The number of anilines is 1. The molecule has 3 aromatic rings. The zero-order valence-electron chi connectivity index (χ0n) is 14.4. The molecule has 0 radical (unpaired) electrons. The van der Waals surface area contributed by atoms with E-state index in [2.05, 4.69) is 5.32 Å². The number of hydrogen-bond acceptors (Lipinski definition) is 4. The molecule has 0 atom stereocenters. The van der Waals surface area contributed by atoms with Crippen molar-refractivity contribution in [3.05, 3.63) is 70.4 Å². The molecule has 3 rings (SSSR count). The first-order chi connectivity index (χ1) is 12.5. The maximum absolute atomic E-state index is 12.7. The number of hydrogen-bond donors (Lipinski definition) is 2. The van der Waals surface area contributed by atoms with Gasteiger partial charge in [-0.2, -0.15) is 0 Å². The first-order valence-corrected chi connectivity index (χ1v) is 8.35. The van der Waals surface area contributed by atoms with Crippen molar-refractivity contribution in [2.24, 2.45) is 0 Å². The Hall–Kier alpha value is -2.76. The Labute approximate surface area is 156 Å². The molecular weight excluding hydrogens is 354 g/mol. The van der Waals surface area contributed by atoms with Crippen LogP contribution in [0.15, 0.2) is 52.9 Å². The number of carbonyl (C=O) groups is 1. The summed E-state index contributed by atoms with van der Waals surface area (Å²) in [5.74, 6) is 1.25. The number of carbonyl (C=O) groups excluding carboxylic acids is 1. The molecule has 2 N–H and O–H groups in total. The summed E-state index contributed by atoms with van der Waals surface area (Å²) in [5.41, 5.74) is 2.49. The van der Waals surface area contributed by atoms with Gasteiger partial charge in [-0.25, -0.2) is 0 Å². The van der Waals surface area contributed by atoms with E-state index in [4.69, 9.17) is 25.9 Å². The molecule has 2 aromatic carbocycles. The van der Waals surface area contributed by atoms with E-state index in [-0.39, 0.29) is 12.5 Å². The summed E-state index contributed by atoms with van der Waals surface area (Å²) in [6, 6.07) is 14.0. The van der Waals surface area contributed by atoms with Crippen molar-refractivity contribution in [1.82, 2.24) is 0 Å². The third kappa shape index (κ3) is 3.59. The molecule has 1 heterocycles. The predicted octanol–water partition coefficient (Wildman–Crippen LogP) is 4.66. The number of ether oxygens (including phenoxy) is 1. The molecule has 0 bridgehead atoms. The lowest BCUT2D eigenvalue weighted by Crippen LogP contribution is -2.14. The molecule has 0 aliphatic heterocycles. The molecule has 1 amide bonds. The summed E-state index contributed by atoms with van der Waals surface area (Å²) in [6.07, 6.45) is 0. The van der Waals surface area contributed by atoms with Crippen molar-refractivity contribution in [1.29, 1.82) is 0 Å². The Kier molecular flexibility index (Phi) is 5.30. The van der Waals surface area contributed by atoms with Crippen LogP contribution >= 0.6 is 11.6 Å². The molecule has 6 heteroatoms. The van der Waals surface area contributed by atoms with Gasteiger partial charge in [0.1, 0.15) is 23.9 Å². The highest BCUT2D eigenvalue weighted by Crippen LogP contribution is 2.31. The topological polar surface area (TPSA) is 71.7 Å². The fourth-order valence-corrected chi connectivity index (χ4v) is 2.85. The quantitative estimate of drug-likeness (QED) is 0.684. The maximum atomic E-state index is 12.7. The second kappa shape index (κ2) is 7.64. The van der Waals surface area contributed by atoms with E-state index in [9.17, 15) is 4.79 Å². The Morgan fingerprint density at radius 1 is 1.23 bits per heavy atom. The number of para-hydroxylation sites is 1. The lowest BCUT2D eigenvalue weighted by molar-refractivity contribution is 0.102. The number of aliphatic hydroxyl groups excluding tert-OH is 1. The third-order valence-electron chi connectivity index (χ3n) is 3.98. The van der Waals surface area contributed by atoms with Crippen molar-refractivity contribution < 1.29 is 19.1 Å². The molecule has 0 aliphatic rings. The zero-order valence-corrected chi connectivity index (χ0v) is 15.1. The van der Waals surface area contributed by atoms with Crippen LogP contribution in [0.3, 0.4) is 0 Å². The lowest BCUT2D eigenvalue weighted by Gasteiger charge is -2.13. The molecule has 0 aliphatic carbocycles. The maximum Gasteiger partial charge on any atom is 0.259 e. The second-order valence-electron chi connectivity index (χ2n) is 5.73. The minimum Gasteiger partial charge on any atom is -0.496 e. The zero-order chi connectivity index (χ0) is 18.7. The van der Waals surface area contributed by atoms with Crippen molar-refractivity contribution in [3.63, 3.8) is 0 Å². The van der Waals surface area contributed by atoms with Crippen LogP contribution < -0.4 is 10.1 Å². The molecule has 5 nitrogen and oxygen atoms in total. The smallest absolute Gasteiger partial charge is 0.259 e. The average molecular weight is 372 g/mol. The molecule has 0 saturated heterocycles. The first-order valence-electron chi connectivity index (χ1n) is 7.98. The number of amides is 1. The number of benzene rings is 2. The molecule has 134 valence electrons. The van der Waals surface area contributed by atoms with Gasteiger partial charge in [-0.3, -0.25) is 4.79 Å². The monoisotopic (exact) mass is 371 g/mol. The SMILES string of the molecule is COc1c(C)cccc1C(=O)Nc1cc(-c2ccc(CO)o2)ccc1Cl. The van der Waals surface area contributed by atoms with Gasteiger partial charge in [0.15, 0.2) is 0 Å². The molecule has 0 saturated carbocycles. The highest BCUT2D eigenvalue weighted by Gasteiger charge is 2.16. The summed E-state index contributed by atoms with van der Waals surface area (Å²) >= 11 is 6.24. The molecular formula is C20H18ClNO4. The summed E-state index contributed by atoms with van der Waals surface area (Å²) in [6.45, 7) is 1.70. The van der Waals surface area contributed by atoms with Crippen LogP contribution in [0.25, 0.3) is 11.3 Å². The van der Waals surface area contributed by atoms with Crippen LogP contribution in [0.1, 0.15) is 21.7 Å². The second-order valence-corrected chi connectivity index (χ2v) is 6.14. The molecule has 0 spiro atoms. The molecule has 0 unspecified atom stereocenters. The van der Waals surface area contributed by atoms with Gasteiger partial charge in [0.25, 0.3) is 5.91 Å². The van der Waals surface area contributed by atoms with E-state index >= 15 is 0 Å². The summed E-state index contributed by atoms with van der Waals surface area (Å²) < 4.78 is 10.9. The minimum absolute atomic E-state index is 0.176. The standard InChI is InChI=1S/C20H18ClNO4/c1-12-4-3-5-15(19(12)25-2)20(24)22-17-10-13(6-8-16(17)21)18-9-7-14(11-23)26-18/h3-10,23H,11H2,1-2H3,(H,22,24). The van der Waals surface area contributed by atoms with Crippen LogP contribution in [0, 0.1) is 6.92 Å². The van der Waals surface area contributed by atoms with E-state index in [0.717, 1.165) is 11.1 Å². The third-order valence-corrected chi connectivity index (χ3v) is 4.31. The van der Waals surface area contributed by atoms with Gasteiger partial charge in [0.2, 0.25) is 0 Å². The normalized spacial score (nSPS) is 10.6. The van der Waals surface area contributed by atoms with E-state index in [1.807, 2.05) is 13.0 Å².